The molecule has 1 aromatic heterocycles. The number of ether oxygens (including phenoxy) is 2. The number of hydrogen-bond acceptors (Lipinski definition) is 6. The molecule has 0 saturated heterocycles. The fourth-order valence-electron chi connectivity index (χ4n) is 3.00. The number of carbonyl (C=O) groups is 2. The Kier molecular flexibility index (Phi) is 7.06. The van der Waals surface area contributed by atoms with Gasteiger partial charge in [-0.05, 0) is 63.8 Å². The van der Waals surface area contributed by atoms with E-state index in [1.165, 1.54) is 6.07 Å². The molecule has 7 heteroatoms. The van der Waals surface area contributed by atoms with Crippen molar-refractivity contribution in [2.24, 2.45) is 0 Å². The van der Waals surface area contributed by atoms with Crippen LogP contribution in [0.25, 0.3) is 11.0 Å². The van der Waals surface area contributed by atoms with Gasteiger partial charge in [-0.15, -0.1) is 0 Å². The predicted molar refractivity (Wildman–Crippen MR) is 110 cm³/mol. The van der Waals surface area contributed by atoms with Crippen molar-refractivity contribution in [3.8, 4) is 5.75 Å². The molecule has 1 aromatic carbocycles. The third-order valence-electron chi connectivity index (χ3n) is 4.18. The Labute approximate surface area is 170 Å². The van der Waals surface area contributed by atoms with E-state index < -0.39 is 29.3 Å². The van der Waals surface area contributed by atoms with E-state index in [2.05, 4.69) is 5.32 Å². The number of fused-ring (bicyclic) bond motifs is 1. The van der Waals surface area contributed by atoms with Crippen molar-refractivity contribution in [3.63, 3.8) is 0 Å². The lowest BCUT2D eigenvalue weighted by Gasteiger charge is -2.23. The topological polar surface area (TPSA) is 94.8 Å². The first-order valence-electron chi connectivity index (χ1n) is 9.82. The molecular formula is C22H29NO6. The molecule has 1 atom stereocenters. The summed E-state index contributed by atoms with van der Waals surface area (Å²) in [6.07, 6.45) is 0.961. The third-order valence-corrected chi connectivity index (χ3v) is 4.18. The summed E-state index contributed by atoms with van der Waals surface area (Å²) in [7, 11) is 0. The molecule has 158 valence electrons. The molecule has 2 aromatic rings. The molecule has 0 fully saturated rings. The van der Waals surface area contributed by atoms with Crippen molar-refractivity contribution >= 4 is 23.0 Å². The third kappa shape index (κ3) is 6.07. The minimum atomic E-state index is -0.855. The summed E-state index contributed by atoms with van der Waals surface area (Å²) in [4.78, 5) is 36.8. The van der Waals surface area contributed by atoms with Crippen LogP contribution in [0.4, 0.5) is 4.79 Å². The van der Waals surface area contributed by atoms with Crippen LogP contribution in [0.15, 0.2) is 27.4 Å². The number of alkyl carbamates (subject to hydrolysis) is 1. The molecule has 0 radical (unpaired) electrons. The van der Waals surface area contributed by atoms with Gasteiger partial charge in [0.2, 0.25) is 0 Å². The van der Waals surface area contributed by atoms with Crippen LogP contribution in [0.3, 0.4) is 0 Å². The lowest BCUT2D eigenvalue weighted by Crippen LogP contribution is -2.45. The highest BCUT2D eigenvalue weighted by Crippen LogP contribution is 2.30. The summed E-state index contributed by atoms with van der Waals surface area (Å²) in [6, 6.07) is 3.99. The van der Waals surface area contributed by atoms with Crippen molar-refractivity contribution in [1.29, 1.82) is 0 Å². The number of rotatable bonds is 6. The fraction of sp³-hybridized carbons (Fsp3) is 0.500. The smallest absolute Gasteiger partial charge is 0.408 e. The van der Waals surface area contributed by atoms with Gasteiger partial charge in [-0.3, -0.25) is 0 Å². The van der Waals surface area contributed by atoms with Crippen LogP contribution in [0.5, 0.6) is 5.75 Å². The van der Waals surface area contributed by atoms with Crippen LogP contribution in [0.1, 0.15) is 58.6 Å². The van der Waals surface area contributed by atoms with Crippen LogP contribution >= 0.6 is 0 Å². The molecule has 1 heterocycles. The molecule has 1 N–H and O–H groups in total. The van der Waals surface area contributed by atoms with Crippen molar-refractivity contribution in [2.45, 2.75) is 72.4 Å². The van der Waals surface area contributed by atoms with E-state index in [9.17, 15) is 14.4 Å². The first-order chi connectivity index (χ1) is 13.5. The maximum atomic E-state index is 12.8. The molecule has 0 spiro atoms. The Balaban J connectivity index is 2.35. The second kappa shape index (κ2) is 9.11. The van der Waals surface area contributed by atoms with Crippen molar-refractivity contribution in [1.82, 2.24) is 5.32 Å². The Hall–Kier alpha value is -2.83. The Morgan fingerprint density at radius 2 is 1.86 bits per heavy atom. The molecule has 0 aliphatic heterocycles. The van der Waals surface area contributed by atoms with Crippen molar-refractivity contribution in [3.05, 3.63) is 39.7 Å². The number of nitrogens with one attached hydrogen (secondary N) is 1. The van der Waals surface area contributed by atoms with Crippen LogP contribution in [0.2, 0.25) is 0 Å². The van der Waals surface area contributed by atoms with Crippen LogP contribution in [0, 0.1) is 6.92 Å². The molecule has 0 bridgehead atoms. The normalized spacial score (nSPS) is 12.5. The molecule has 1 unspecified atom stereocenters. The van der Waals surface area contributed by atoms with Gasteiger partial charge >= 0.3 is 17.7 Å². The van der Waals surface area contributed by atoms with E-state index in [0.717, 1.165) is 11.1 Å². The molecule has 29 heavy (non-hydrogen) atoms. The van der Waals surface area contributed by atoms with Crippen molar-refractivity contribution < 1.29 is 23.5 Å². The quantitative estimate of drug-likeness (QED) is 0.440. The van der Waals surface area contributed by atoms with Gasteiger partial charge < -0.3 is 19.2 Å². The molecule has 0 aliphatic carbocycles. The van der Waals surface area contributed by atoms with Gasteiger partial charge in [-0.1, -0.05) is 20.3 Å². The zero-order valence-corrected chi connectivity index (χ0v) is 17.9. The lowest BCUT2D eigenvalue weighted by molar-refractivity contribution is -0.136. The summed E-state index contributed by atoms with van der Waals surface area (Å²) in [6.45, 7) is 10.9. The Bertz CT molecular complexity index is 954. The van der Waals surface area contributed by atoms with Crippen LogP contribution < -0.4 is 15.7 Å². The minimum Gasteiger partial charge on any atom is -0.444 e. The fourth-order valence-corrected chi connectivity index (χ4v) is 3.00. The highest BCUT2D eigenvalue weighted by Gasteiger charge is 2.26. The lowest BCUT2D eigenvalue weighted by atomic mass is 10.0. The SMILES string of the molecule is CCCC(NC(=O)OC(C)(C)C)C(=O)Oc1cc(C)cc2oc(=O)cc(CC)c12. The standard InChI is InChI=1S/C22H29NO6/c1-7-9-15(23-21(26)29-22(4,5)6)20(25)28-17-11-13(3)10-16-19(17)14(8-2)12-18(24)27-16/h10-12,15H,7-9H2,1-6H3,(H,23,26). The van der Waals surface area contributed by atoms with Crippen LogP contribution in [-0.2, 0) is 16.0 Å². The van der Waals surface area contributed by atoms with Gasteiger partial charge in [0, 0.05) is 6.07 Å². The van der Waals surface area contributed by atoms with Gasteiger partial charge in [0.25, 0.3) is 0 Å². The van der Waals surface area contributed by atoms with Crippen LogP contribution in [-0.4, -0.2) is 23.7 Å². The molecule has 0 saturated carbocycles. The molecule has 1 amide bonds. The molecular weight excluding hydrogens is 374 g/mol. The number of amides is 1. The maximum Gasteiger partial charge on any atom is 0.408 e. The number of carbonyl (C=O) groups excluding carboxylic acids is 2. The second-order valence-corrected chi connectivity index (χ2v) is 7.99. The van der Waals surface area contributed by atoms with E-state index in [-0.39, 0.29) is 0 Å². The minimum absolute atomic E-state index is 0.303. The van der Waals surface area contributed by atoms with E-state index in [0.29, 0.717) is 36.0 Å². The largest absolute Gasteiger partial charge is 0.444 e. The predicted octanol–water partition coefficient (Wildman–Crippen LogP) is 4.26. The zero-order valence-electron chi connectivity index (χ0n) is 17.9. The number of benzene rings is 1. The highest BCUT2D eigenvalue weighted by molar-refractivity contribution is 5.91. The van der Waals surface area contributed by atoms with Gasteiger partial charge in [0.1, 0.15) is 23.0 Å². The molecule has 0 aliphatic rings. The first kappa shape index (κ1) is 22.5. The average molecular weight is 403 g/mol. The van der Waals surface area contributed by atoms with Gasteiger partial charge in [0.05, 0.1) is 5.39 Å². The number of aryl methyl sites for hydroxylation is 2. The number of hydrogen-bond donors (Lipinski definition) is 1. The summed E-state index contributed by atoms with van der Waals surface area (Å²) in [5.74, 6) is -0.296. The summed E-state index contributed by atoms with van der Waals surface area (Å²) < 4.78 is 16.2. The summed E-state index contributed by atoms with van der Waals surface area (Å²) in [5.41, 5.74) is 0.748. The second-order valence-electron chi connectivity index (χ2n) is 7.99. The molecule has 2 rings (SSSR count). The Morgan fingerprint density at radius 1 is 1.17 bits per heavy atom. The average Bonchev–Trinajstić information content (AvgIpc) is 2.58. The summed E-state index contributed by atoms with van der Waals surface area (Å²) in [5, 5.41) is 3.17. The summed E-state index contributed by atoms with van der Waals surface area (Å²) >= 11 is 0. The monoisotopic (exact) mass is 403 g/mol. The van der Waals surface area contributed by atoms with Crippen molar-refractivity contribution in [2.75, 3.05) is 0 Å². The van der Waals surface area contributed by atoms with E-state index >= 15 is 0 Å². The van der Waals surface area contributed by atoms with Gasteiger partial charge in [-0.2, -0.15) is 0 Å². The van der Waals surface area contributed by atoms with E-state index in [1.807, 2.05) is 20.8 Å². The maximum absolute atomic E-state index is 12.8. The molecule has 7 nitrogen and oxygen atoms in total. The highest BCUT2D eigenvalue weighted by atomic mass is 16.6. The first-order valence-corrected chi connectivity index (χ1v) is 9.82. The Morgan fingerprint density at radius 3 is 2.45 bits per heavy atom. The van der Waals surface area contributed by atoms with E-state index in [4.69, 9.17) is 13.9 Å². The van der Waals surface area contributed by atoms with Gasteiger partial charge in [-0.25, -0.2) is 14.4 Å². The number of esters is 1. The van der Waals surface area contributed by atoms with E-state index in [1.54, 1.807) is 32.9 Å². The van der Waals surface area contributed by atoms with Gasteiger partial charge in [0.15, 0.2) is 0 Å². The zero-order chi connectivity index (χ0) is 21.8.